The number of nitro groups is 1. The number of hydrogen-bond acceptors (Lipinski definition) is 3. The lowest BCUT2D eigenvalue weighted by molar-refractivity contribution is -0.384. The van der Waals surface area contributed by atoms with Crippen molar-refractivity contribution in [3.8, 4) is 0 Å². The lowest BCUT2D eigenvalue weighted by atomic mass is 10.1. The summed E-state index contributed by atoms with van der Waals surface area (Å²) >= 11 is 0. The van der Waals surface area contributed by atoms with Crippen LogP contribution in [0.15, 0.2) is 24.3 Å². The number of hydrogen-bond donors (Lipinski definition) is 0. The van der Waals surface area contributed by atoms with Gasteiger partial charge in [-0.2, -0.15) is 0 Å². The maximum Gasteiger partial charge on any atom is 0.269 e. The summed E-state index contributed by atoms with van der Waals surface area (Å²) in [4.78, 5) is 12.1. The Bertz CT molecular complexity index is 372. The highest BCUT2D eigenvalue weighted by Gasteiger charge is 2.18. The van der Waals surface area contributed by atoms with Crippen LogP contribution in [-0.4, -0.2) is 24.2 Å². The van der Waals surface area contributed by atoms with E-state index >= 15 is 0 Å². The van der Waals surface area contributed by atoms with E-state index in [1.54, 1.807) is 12.1 Å². The van der Waals surface area contributed by atoms with E-state index in [0.717, 1.165) is 5.69 Å². The minimum Gasteiger partial charge on any atom is -0.371 e. The SMILES string of the molecule is O=[N+]([O-])c1ccc(N2CCC(F)CC2)cc1. The van der Waals surface area contributed by atoms with Gasteiger partial charge in [0.15, 0.2) is 0 Å². The van der Waals surface area contributed by atoms with Gasteiger partial charge in [-0.3, -0.25) is 10.1 Å². The average molecular weight is 224 g/mol. The smallest absolute Gasteiger partial charge is 0.269 e. The molecule has 5 heteroatoms. The van der Waals surface area contributed by atoms with Gasteiger partial charge in [-0.15, -0.1) is 0 Å². The standard InChI is InChI=1S/C11H13FN2O2/c12-9-5-7-13(8-6-9)10-1-3-11(4-2-10)14(15)16/h1-4,9H,5-8H2. The molecule has 16 heavy (non-hydrogen) atoms. The molecule has 0 bridgehead atoms. The Labute approximate surface area is 92.8 Å². The Balaban J connectivity index is 2.07. The maximum atomic E-state index is 12.9. The van der Waals surface area contributed by atoms with Crippen LogP contribution in [0.25, 0.3) is 0 Å². The quantitative estimate of drug-likeness (QED) is 0.572. The first-order valence-electron chi connectivity index (χ1n) is 5.30. The van der Waals surface area contributed by atoms with Crippen LogP contribution in [0.4, 0.5) is 15.8 Å². The van der Waals surface area contributed by atoms with Gasteiger partial charge in [0.05, 0.1) is 4.92 Å². The molecule has 0 atom stereocenters. The van der Waals surface area contributed by atoms with Gasteiger partial charge in [0, 0.05) is 30.9 Å². The average Bonchev–Trinajstić information content (AvgIpc) is 2.30. The molecule has 0 amide bonds. The topological polar surface area (TPSA) is 46.4 Å². The van der Waals surface area contributed by atoms with Crippen LogP contribution in [0.5, 0.6) is 0 Å². The molecular formula is C11H13FN2O2. The molecule has 1 heterocycles. The van der Waals surface area contributed by atoms with E-state index in [1.165, 1.54) is 12.1 Å². The van der Waals surface area contributed by atoms with E-state index in [9.17, 15) is 14.5 Å². The number of benzene rings is 1. The predicted molar refractivity (Wildman–Crippen MR) is 59.4 cm³/mol. The van der Waals surface area contributed by atoms with Gasteiger partial charge in [0.25, 0.3) is 5.69 Å². The highest BCUT2D eigenvalue weighted by molar-refractivity contribution is 5.51. The van der Waals surface area contributed by atoms with Gasteiger partial charge >= 0.3 is 0 Å². The van der Waals surface area contributed by atoms with E-state index in [0.29, 0.717) is 25.9 Å². The van der Waals surface area contributed by atoms with E-state index in [-0.39, 0.29) is 5.69 Å². The summed E-state index contributed by atoms with van der Waals surface area (Å²) in [5, 5.41) is 10.5. The maximum absolute atomic E-state index is 12.9. The van der Waals surface area contributed by atoms with Crippen molar-refractivity contribution in [2.45, 2.75) is 19.0 Å². The van der Waals surface area contributed by atoms with Crippen molar-refractivity contribution in [1.29, 1.82) is 0 Å². The second-order valence-electron chi connectivity index (χ2n) is 3.94. The van der Waals surface area contributed by atoms with Gasteiger partial charge < -0.3 is 4.90 Å². The second-order valence-corrected chi connectivity index (χ2v) is 3.94. The molecule has 4 nitrogen and oxygen atoms in total. The molecule has 1 aromatic rings. The molecule has 0 saturated carbocycles. The molecule has 0 radical (unpaired) electrons. The van der Waals surface area contributed by atoms with Crippen LogP contribution in [0.2, 0.25) is 0 Å². The first kappa shape index (κ1) is 10.9. The zero-order chi connectivity index (χ0) is 11.5. The van der Waals surface area contributed by atoms with Crippen LogP contribution in [0, 0.1) is 10.1 Å². The molecule has 0 aliphatic carbocycles. The summed E-state index contributed by atoms with van der Waals surface area (Å²) in [7, 11) is 0. The number of nitrogens with zero attached hydrogens (tertiary/aromatic N) is 2. The molecule has 1 aliphatic rings. The molecule has 1 aliphatic heterocycles. The van der Waals surface area contributed by atoms with Crippen LogP contribution >= 0.6 is 0 Å². The zero-order valence-corrected chi connectivity index (χ0v) is 8.80. The van der Waals surface area contributed by atoms with Gasteiger partial charge in [-0.05, 0) is 25.0 Å². The monoisotopic (exact) mass is 224 g/mol. The van der Waals surface area contributed by atoms with Gasteiger partial charge in [-0.1, -0.05) is 0 Å². The third-order valence-corrected chi connectivity index (χ3v) is 2.85. The molecule has 86 valence electrons. The highest BCUT2D eigenvalue weighted by Crippen LogP contribution is 2.23. The number of anilines is 1. The summed E-state index contributed by atoms with van der Waals surface area (Å²) in [6, 6.07) is 6.40. The van der Waals surface area contributed by atoms with E-state index < -0.39 is 11.1 Å². The number of piperidine rings is 1. The highest BCUT2D eigenvalue weighted by atomic mass is 19.1. The fourth-order valence-electron chi connectivity index (χ4n) is 1.89. The lowest BCUT2D eigenvalue weighted by Gasteiger charge is -2.30. The number of alkyl halides is 1. The summed E-state index contributed by atoms with van der Waals surface area (Å²) in [5.41, 5.74) is 1.02. The fraction of sp³-hybridized carbons (Fsp3) is 0.455. The Morgan fingerprint density at radius 3 is 2.31 bits per heavy atom. The zero-order valence-electron chi connectivity index (χ0n) is 8.80. The molecule has 2 rings (SSSR count). The molecule has 1 aromatic carbocycles. The minimum atomic E-state index is -0.700. The van der Waals surface area contributed by atoms with Crippen molar-refractivity contribution in [3.05, 3.63) is 34.4 Å². The van der Waals surface area contributed by atoms with Gasteiger partial charge in [0.1, 0.15) is 6.17 Å². The van der Waals surface area contributed by atoms with Crippen molar-refractivity contribution in [2.24, 2.45) is 0 Å². The molecule has 0 N–H and O–H groups in total. The molecule has 0 spiro atoms. The van der Waals surface area contributed by atoms with Crippen LogP contribution in [0.1, 0.15) is 12.8 Å². The molecule has 1 fully saturated rings. The molecule has 1 saturated heterocycles. The normalized spacial score (nSPS) is 17.4. The van der Waals surface area contributed by atoms with Crippen LogP contribution in [0.3, 0.4) is 0 Å². The first-order valence-corrected chi connectivity index (χ1v) is 5.30. The van der Waals surface area contributed by atoms with Gasteiger partial charge in [0.2, 0.25) is 0 Å². The molecule has 0 aromatic heterocycles. The van der Waals surface area contributed by atoms with E-state index in [1.807, 2.05) is 0 Å². The second kappa shape index (κ2) is 4.47. The first-order chi connectivity index (χ1) is 7.66. The minimum absolute atomic E-state index is 0.0872. The summed E-state index contributed by atoms with van der Waals surface area (Å²) in [6.07, 6.45) is 0.378. The van der Waals surface area contributed by atoms with Crippen LogP contribution in [-0.2, 0) is 0 Å². The van der Waals surface area contributed by atoms with Gasteiger partial charge in [-0.25, -0.2) is 4.39 Å². The van der Waals surface area contributed by atoms with Crippen molar-refractivity contribution >= 4 is 11.4 Å². The number of nitro benzene ring substituents is 1. The number of non-ortho nitro benzene ring substituents is 1. The third kappa shape index (κ3) is 2.29. The summed E-state index contributed by atoms with van der Waals surface area (Å²) in [6.45, 7) is 1.36. The predicted octanol–water partition coefficient (Wildman–Crippen LogP) is 2.53. The Morgan fingerprint density at radius 1 is 1.25 bits per heavy atom. The van der Waals surface area contributed by atoms with E-state index in [4.69, 9.17) is 0 Å². The van der Waals surface area contributed by atoms with Crippen molar-refractivity contribution in [2.75, 3.05) is 18.0 Å². The largest absolute Gasteiger partial charge is 0.371 e. The van der Waals surface area contributed by atoms with Crippen LogP contribution < -0.4 is 4.90 Å². The Hall–Kier alpha value is -1.65. The Morgan fingerprint density at radius 2 is 1.81 bits per heavy atom. The number of rotatable bonds is 2. The van der Waals surface area contributed by atoms with Crippen molar-refractivity contribution in [1.82, 2.24) is 0 Å². The van der Waals surface area contributed by atoms with Crippen molar-refractivity contribution < 1.29 is 9.31 Å². The summed E-state index contributed by atoms with van der Waals surface area (Å²) < 4.78 is 12.9. The van der Waals surface area contributed by atoms with Crippen molar-refractivity contribution in [3.63, 3.8) is 0 Å². The molecule has 0 unspecified atom stereocenters. The lowest BCUT2D eigenvalue weighted by Crippen LogP contribution is -2.34. The number of halogens is 1. The Kier molecular flexibility index (Phi) is 3.03. The fourth-order valence-corrected chi connectivity index (χ4v) is 1.89. The van der Waals surface area contributed by atoms with E-state index in [2.05, 4.69) is 4.90 Å². The summed E-state index contributed by atoms with van der Waals surface area (Å²) in [5.74, 6) is 0. The third-order valence-electron chi connectivity index (χ3n) is 2.85. The molecular weight excluding hydrogens is 211 g/mol.